The van der Waals surface area contributed by atoms with Gasteiger partial charge in [0.15, 0.2) is 0 Å². The van der Waals surface area contributed by atoms with Crippen LogP contribution in [0.2, 0.25) is 5.02 Å². The van der Waals surface area contributed by atoms with Crippen LogP contribution >= 0.6 is 11.6 Å². The fourth-order valence-electron chi connectivity index (χ4n) is 4.69. The van der Waals surface area contributed by atoms with Gasteiger partial charge in [-0.2, -0.15) is 0 Å². The molecule has 0 saturated carbocycles. The molecule has 8 nitrogen and oxygen atoms in total. The SMILES string of the molecule is CC(O)C(=O)N1CCN(c2ncc(-c3cc4c(NC(C)c5ccccc5F)c(Cl)cnc4cc3F)cn2)CC1. The number of nitrogens with zero attached hydrogens (tertiary/aromatic N) is 5. The third kappa shape index (κ3) is 5.48. The molecule has 1 amide bonds. The monoisotopic (exact) mass is 552 g/mol. The Bertz CT molecular complexity index is 1510. The van der Waals surface area contributed by atoms with Gasteiger partial charge < -0.3 is 20.2 Å². The third-order valence-corrected chi connectivity index (χ3v) is 7.11. The van der Waals surface area contributed by atoms with Gasteiger partial charge in [0.1, 0.15) is 17.7 Å². The first-order chi connectivity index (χ1) is 18.7. The molecular formula is C28H27ClF2N6O2. The molecule has 0 radical (unpaired) electrons. The molecule has 39 heavy (non-hydrogen) atoms. The van der Waals surface area contributed by atoms with Gasteiger partial charge in [-0.25, -0.2) is 18.7 Å². The van der Waals surface area contributed by atoms with Gasteiger partial charge in [0.2, 0.25) is 5.95 Å². The number of aliphatic hydroxyl groups excluding tert-OH is 1. The number of piperazine rings is 1. The fourth-order valence-corrected chi connectivity index (χ4v) is 4.90. The summed E-state index contributed by atoms with van der Waals surface area (Å²) in [6.45, 7) is 5.20. The van der Waals surface area contributed by atoms with E-state index in [1.165, 1.54) is 25.3 Å². The number of fused-ring (bicyclic) bond motifs is 1. The number of rotatable bonds is 6. The molecule has 1 aliphatic heterocycles. The summed E-state index contributed by atoms with van der Waals surface area (Å²) in [6, 6.07) is 9.02. The number of anilines is 2. The second-order valence-corrected chi connectivity index (χ2v) is 9.89. The van der Waals surface area contributed by atoms with Crippen molar-refractivity contribution >= 4 is 40.0 Å². The van der Waals surface area contributed by atoms with E-state index in [1.807, 2.05) is 11.8 Å². The predicted molar refractivity (Wildman–Crippen MR) is 147 cm³/mol. The summed E-state index contributed by atoms with van der Waals surface area (Å²) in [5.41, 5.74) is 2.12. The fraction of sp³-hybridized carbons (Fsp3) is 0.286. The van der Waals surface area contributed by atoms with Gasteiger partial charge in [-0.15, -0.1) is 0 Å². The lowest BCUT2D eigenvalue weighted by Crippen LogP contribution is -2.51. The van der Waals surface area contributed by atoms with Gasteiger partial charge >= 0.3 is 0 Å². The van der Waals surface area contributed by atoms with E-state index in [-0.39, 0.29) is 17.3 Å². The minimum atomic E-state index is -1.03. The van der Waals surface area contributed by atoms with E-state index in [9.17, 15) is 14.3 Å². The van der Waals surface area contributed by atoms with Crippen LogP contribution in [0.25, 0.3) is 22.0 Å². The number of hydrogen-bond donors (Lipinski definition) is 2. The van der Waals surface area contributed by atoms with Crippen molar-refractivity contribution in [1.82, 2.24) is 19.9 Å². The summed E-state index contributed by atoms with van der Waals surface area (Å²) >= 11 is 6.49. The number of carbonyl (C=O) groups excluding carboxylic acids is 1. The molecule has 4 aromatic rings. The first-order valence-electron chi connectivity index (χ1n) is 12.6. The number of hydrogen-bond acceptors (Lipinski definition) is 7. The van der Waals surface area contributed by atoms with E-state index >= 15 is 4.39 Å². The number of halogens is 3. The van der Waals surface area contributed by atoms with Gasteiger partial charge in [0.05, 0.1) is 22.3 Å². The van der Waals surface area contributed by atoms with Crippen molar-refractivity contribution in [3.8, 4) is 11.1 Å². The van der Waals surface area contributed by atoms with Crippen molar-refractivity contribution in [1.29, 1.82) is 0 Å². The van der Waals surface area contributed by atoms with Crippen LogP contribution in [0.1, 0.15) is 25.5 Å². The first-order valence-corrected chi connectivity index (χ1v) is 12.9. The van der Waals surface area contributed by atoms with Crippen molar-refractivity contribution in [2.45, 2.75) is 26.0 Å². The molecule has 11 heteroatoms. The normalized spacial score (nSPS) is 15.3. The summed E-state index contributed by atoms with van der Waals surface area (Å²) in [6.07, 6.45) is 3.50. The standard InChI is InChI=1S/C28H27ClF2N6O2/c1-16(19-5-3-4-6-23(19)30)35-26-21-11-20(24(31)12-25(21)32-15-22(26)29)18-13-33-28(34-14-18)37-9-7-36(8-10-37)27(39)17(2)38/h3-6,11-17,38H,7-10H2,1-2H3,(H,32,35). The van der Waals surface area contributed by atoms with Crippen molar-refractivity contribution in [2.24, 2.45) is 0 Å². The second-order valence-electron chi connectivity index (χ2n) is 9.48. The summed E-state index contributed by atoms with van der Waals surface area (Å²) in [5, 5.41) is 13.7. The lowest BCUT2D eigenvalue weighted by atomic mass is 10.0. The third-order valence-electron chi connectivity index (χ3n) is 6.82. The summed E-state index contributed by atoms with van der Waals surface area (Å²) in [7, 11) is 0. The zero-order valence-corrected chi connectivity index (χ0v) is 22.2. The summed E-state index contributed by atoms with van der Waals surface area (Å²) in [4.78, 5) is 28.7. The number of carbonyl (C=O) groups is 1. The van der Waals surface area contributed by atoms with Gasteiger partial charge in [-0.3, -0.25) is 9.78 Å². The van der Waals surface area contributed by atoms with Crippen molar-refractivity contribution in [3.63, 3.8) is 0 Å². The largest absolute Gasteiger partial charge is 0.384 e. The van der Waals surface area contributed by atoms with Gasteiger partial charge in [0.25, 0.3) is 5.91 Å². The number of pyridine rings is 1. The number of aromatic nitrogens is 3. The molecule has 0 aliphatic carbocycles. The lowest BCUT2D eigenvalue weighted by molar-refractivity contribution is -0.139. The molecule has 2 aromatic heterocycles. The number of nitrogens with one attached hydrogen (secondary N) is 1. The molecule has 202 valence electrons. The second kappa shape index (κ2) is 11.1. The van der Waals surface area contributed by atoms with Crippen LogP contribution in [0.15, 0.2) is 55.0 Å². The molecular weight excluding hydrogens is 526 g/mol. The number of aliphatic hydroxyl groups is 1. The lowest BCUT2D eigenvalue weighted by Gasteiger charge is -2.35. The van der Waals surface area contributed by atoms with Crippen LogP contribution in [0.5, 0.6) is 0 Å². The van der Waals surface area contributed by atoms with Gasteiger partial charge in [-0.05, 0) is 26.0 Å². The van der Waals surface area contributed by atoms with Crippen LogP contribution in [-0.4, -0.2) is 63.1 Å². The maximum absolute atomic E-state index is 15.2. The maximum Gasteiger partial charge on any atom is 0.251 e. The van der Waals surface area contributed by atoms with Gasteiger partial charge in [0, 0.05) is 72.9 Å². The Hall–Kier alpha value is -3.89. The number of benzene rings is 2. The molecule has 2 atom stereocenters. The topological polar surface area (TPSA) is 94.5 Å². The quantitative estimate of drug-likeness (QED) is 0.354. The molecule has 1 aliphatic rings. The van der Waals surface area contributed by atoms with Crippen LogP contribution in [-0.2, 0) is 4.79 Å². The van der Waals surface area contributed by atoms with Crippen LogP contribution < -0.4 is 10.2 Å². The zero-order chi connectivity index (χ0) is 27.7. The molecule has 2 N–H and O–H groups in total. The highest BCUT2D eigenvalue weighted by Gasteiger charge is 2.25. The summed E-state index contributed by atoms with van der Waals surface area (Å²) < 4.78 is 29.6. The Morgan fingerprint density at radius 1 is 1.00 bits per heavy atom. The van der Waals surface area contributed by atoms with Crippen LogP contribution in [0, 0.1) is 11.6 Å². The van der Waals surface area contributed by atoms with Crippen molar-refractivity contribution in [2.75, 3.05) is 36.4 Å². The predicted octanol–water partition coefficient (Wildman–Crippen LogP) is 4.83. The van der Waals surface area contributed by atoms with Crippen LogP contribution in [0.4, 0.5) is 20.4 Å². The Labute approximate surface area is 229 Å². The molecule has 0 spiro atoms. The molecule has 2 aromatic carbocycles. The zero-order valence-electron chi connectivity index (χ0n) is 21.4. The highest BCUT2D eigenvalue weighted by atomic mass is 35.5. The molecule has 1 fully saturated rings. The Balaban J connectivity index is 1.41. The molecule has 1 saturated heterocycles. The Kier molecular flexibility index (Phi) is 7.58. The van der Waals surface area contributed by atoms with Crippen molar-refractivity contribution < 1.29 is 18.7 Å². The minimum Gasteiger partial charge on any atom is -0.384 e. The average Bonchev–Trinajstić information content (AvgIpc) is 2.94. The van der Waals surface area contributed by atoms with Crippen LogP contribution in [0.3, 0.4) is 0 Å². The molecule has 2 unspecified atom stereocenters. The molecule has 0 bridgehead atoms. The Morgan fingerprint density at radius 3 is 2.36 bits per heavy atom. The highest BCUT2D eigenvalue weighted by Crippen LogP contribution is 2.36. The summed E-state index contributed by atoms with van der Waals surface area (Å²) in [5.74, 6) is -0.668. The van der Waals surface area contributed by atoms with E-state index in [1.54, 1.807) is 41.6 Å². The average molecular weight is 553 g/mol. The smallest absolute Gasteiger partial charge is 0.251 e. The molecule has 3 heterocycles. The minimum absolute atomic E-state index is 0.270. The van der Waals surface area contributed by atoms with Gasteiger partial charge in [-0.1, -0.05) is 29.8 Å². The Morgan fingerprint density at radius 2 is 1.69 bits per heavy atom. The van der Waals surface area contributed by atoms with E-state index in [0.717, 1.165) is 0 Å². The first kappa shape index (κ1) is 26.7. The van der Waals surface area contributed by atoms with E-state index in [0.29, 0.717) is 64.9 Å². The van der Waals surface area contributed by atoms with E-state index in [2.05, 4.69) is 20.3 Å². The maximum atomic E-state index is 15.2. The van der Waals surface area contributed by atoms with Crippen molar-refractivity contribution in [3.05, 3.63) is 77.2 Å². The van der Waals surface area contributed by atoms with E-state index in [4.69, 9.17) is 11.6 Å². The molecule has 5 rings (SSSR count). The highest BCUT2D eigenvalue weighted by molar-refractivity contribution is 6.34. The van der Waals surface area contributed by atoms with E-state index < -0.39 is 18.0 Å². The number of amides is 1.